The molecule has 0 bridgehead atoms. The van der Waals surface area contributed by atoms with Crippen molar-refractivity contribution in [2.45, 2.75) is 25.7 Å². The largest absolute Gasteiger partial charge is 0.294 e. The highest BCUT2D eigenvalue weighted by Crippen LogP contribution is 2.56. The number of Topliss-reactive ketones (excluding diaryl/α,β-unsaturated/α-hetero) is 1. The Morgan fingerprint density at radius 3 is 2.20 bits per heavy atom. The van der Waals surface area contributed by atoms with Crippen molar-refractivity contribution < 1.29 is 4.79 Å². The maximum absolute atomic E-state index is 12.2. The molecule has 78 valence electrons. The second-order valence-corrected chi connectivity index (χ2v) is 4.87. The molecule has 15 heavy (non-hydrogen) atoms. The lowest BCUT2D eigenvalue weighted by Gasteiger charge is -2.04. The highest BCUT2D eigenvalue weighted by Gasteiger charge is 2.54. The van der Waals surface area contributed by atoms with Crippen molar-refractivity contribution in [2.24, 2.45) is 17.8 Å². The summed E-state index contributed by atoms with van der Waals surface area (Å²) in [5.41, 5.74) is 0.914. The highest BCUT2D eigenvalue weighted by molar-refractivity contribution is 6.00. The molecule has 2 saturated carbocycles. The monoisotopic (exact) mass is 200 g/mol. The molecule has 3 rings (SSSR count). The van der Waals surface area contributed by atoms with Crippen LogP contribution in [0.5, 0.6) is 0 Å². The van der Waals surface area contributed by atoms with Crippen molar-refractivity contribution in [3.05, 3.63) is 35.9 Å². The van der Waals surface area contributed by atoms with Gasteiger partial charge in [0.2, 0.25) is 0 Å². The van der Waals surface area contributed by atoms with E-state index >= 15 is 0 Å². The summed E-state index contributed by atoms with van der Waals surface area (Å²) in [6.45, 7) is 0. The predicted molar refractivity (Wildman–Crippen MR) is 59.7 cm³/mol. The van der Waals surface area contributed by atoms with Crippen molar-refractivity contribution in [3.8, 4) is 0 Å². The van der Waals surface area contributed by atoms with E-state index in [9.17, 15) is 4.79 Å². The molecule has 2 aliphatic carbocycles. The van der Waals surface area contributed by atoms with E-state index in [0.717, 1.165) is 17.4 Å². The minimum Gasteiger partial charge on any atom is -0.294 e. The second kappa shape index (κ2) is 3.48. The van der Waals surface area contributed by atoms with Crippen molar-refractivity contribution in [1.82, 2.24) is 0 Å². The molecule has 0 radical (unpaired) electrons. The first-order chi connectivity index (χ1) is 7.38. The zero-order valence-corrected chi connectivity index (χ0v) is 8.86. The van der Waals surface area contributed by atoms with Crippen molar-refractivity contribution in [1.29, 1.82) is 0 Å². The Morgan fingerprint density at radius 2 is 1.60 bits per heavy atom. The van der Waals surface area contributed by atoms with Crippen LogP contribution >= 0.6 is 0 Å². The fraction of sp³-hybridized carbons (Fsp3) is 0.500. The van der Waals surface area contributed by atoms with E-state index in [1.807, 2.05) is 30.3 Å². The topological polar surface area (TPSA) is 17.1 Å². The van der Waals surface area contributed by atoms with Gasteiger partial charge in [-0.2, -0.15) is 0 Å². The van der Waals surface area contributed by atoms with E-state index in [1.165, 1.54) is 25.7 Å². The molecular weight excluding hydrogens is 184 g/mol. The molecule has 0 aliphatic heterocycles. The molecule has 0 amide bonds. The molecule has 0 aromatic heterocycles. The zero-order valence-electron chi connectivity index (χ0n) is 8.86. The van der Waals surface area contributed by atoms with Gasteiger partial charge in [-0.25, -0.2) is 0 Å². The molecule has 2 aliphatic rings. The molecule has 0 saturated heterocycles. The van der Waals surface area contributed by atoms with E-state index in [-0.39, 0.29) is 0 Å². The Labute approximate surface area is 90.5 Å². The summed E-state index contributed by atoms with van der Waals surface area (Å²) in [5.74, 6) is 2.22. The summed E-state index contributed by atoms with van der Waals surface area (Å²) < 4.78 is 0. The predicted octanol–water partition coefficient (Wildman–Crippen LogP) is 3.31. The normalized spacial score (nSPS) is 33.2. The lowest BCUT2D eigenvalue weighted by atomic mass is 10.0. The maximum atomic E-state index is 12.2. The third-order valence-corrected chi connectivity index (χ3v) is 4.02. The number of benzene rings is 1. The smallest absolute Gasteiger partial charge is 0.166 e. The van der Waals surface area contributed by atoms with Gasteiger partial charge in [-0.1, -0.05) is 43.2 Å². The quantitative estimate of drug-likeness (QED) is 0.669. The molecule has 2 fully saturated rings. The summed E-state index contributed by atoms with van der Waals surface area (Å²) in [6, 6.07) is 9.79. The van der Waals surface area contributed by atoms with Crippen molar-refractivity contribution >= 4 is 5.78 Å². The number of fused-ring (bicyclic) bond motifs is 1. The number of carbonyl (C=O) groups is 1. The molecule has 1 aromatic rings. The van der Waals surface area contributed by atoms with Crippen molar-refractivity contribution in [3.63, 3.8) is 0 Å². The Bertz CT molecular complexity index is 356. The van der Waals surface area contributed by atoms with Crippen LogP contribution in [0.3, 0.4) is 0 Å². The summed E-state index contributed by atoms with van der Waals surface area (Å²) >= 11 is 0. The number of carbonyl (C=O) groups excluding carboxylic acids is 1. The van der Waals surface area contributed by atoms with Gasteiger partial charge in [0.1, 0.15) is 0 Å². The molecule has 1 aromatic carbocycles. The Hall–Kier alpha value is -1.11. The average Bonchev–Trinajstić information content (AvgIpc) is 3.03. The van der Waals surface area contributed by atoms with Crippen LogP contribution in [0.2, 0.25) is 0 Å². The van der Waals surface area contributed by atoms with Gasteiger partial charge in [0.15, 0.2) is 5.78 Å². The number of hydrogen-bond donors (Lipinski definition) is 0. The lowest BCUT2D eigenvalue weighted by Crippen LogP contribution is -2.03. The Kier molecular flexibility index (Phi) is 2.12. The van der Waals surface area contributed by atoms with Gasteiger partial charge in [0.05, 0.1) is 0 Å². The summed E-state index contributed by atoms with van der Waals surface area (Å²) in [6.07, 6.45) is 5.24. The number of hydrogen-bond acceptors (Lipinski definition) is 1. The van der Waals surface area contributed by atoms with Gasteiger partial charge < -0.3 is 0 Å². The van der Waals surface area contributed by atoms with Crippen LogP contribution in [-0.4, -0.2) is 5.78 Å². The van der Waals surface area contributed by atoms with Gasteiger partial charge in [-0.3, -0.25) is 4.79 Å². The Morgan fingerprint density at radius 1 is 1.00 bits per heavy atom. The second-order valence-electron chi connectivity index (χ2n) is 4.87. The van der Waals surface area contributed by atoms with E-state index in [2.05, 4.69) is 0 Å². The first-order valence-corrected chi connectivity index (χ1v) is 5.97. The van der Waals surface area contributed by atoms with E-state index in [4.69, 9.17) is 0 Å². The average molecular weight is 200 g/mol. The van der Waals surface area contributed by atoms with E-state index in [0.29, 0.717) is 11.7 Å². The highest BCUT2D eigenvalue weighted by atomic mass is 16.1. The van der Waals surface area contributed by atoms with Gasteiger partial charge in [0.25, 0.3) is 0 Å². The van der Waals surface area contributed by atoms with Crippen LogP contribution in [0, 0.1) is 17.8 Å². The van der Waals surface area contributed by atoms with Crippen LogP contribution in [0.15, 0.2) is 30.3 Å². The minimum atomic E-state index is 0.370. The van der Waals surface area contributed by atoms with Crippen LogP contribution in [0.4, 0.5) is 0 Å². The molecule has 1 unspecified atom stereocenters. The molecule has 3 atom stereocenters. The third kappa shape index (κ3) is 1.50. The molecule has 1 heteroatoms. The lowest BCUT2D eigenvalue weighted by molar-refractivity contribution is 0.0956. The standard InChI is InChI=1S/C14H16O/c15-14(10-6-2-1-3-7-10)13-11-8-4-5-9-12(11)13/h1-3,6-7,11-13H,4-5,8-9H2/t11-,12+,13?. The fourth-order valence-electron chi connectivity index (χ4n) is 3.18. The summed E-state index contributed by atoms with van der Waals surface area (Å²) in [5, 5.41) is 0. The van der Waals surface area contributed by atoms with Gasteiger partial charge >= 0.3 is 0 Å². The number of ketones is 1. The first-order valence-electron chi connectivity index (χ1n) is 5.97. The van der Waals surface area contributed by atoms with Gasteiger partial charge in [0, 0.05) is 11.5 Å². The summed E-state index contributed by atoms with van der Waals surface area (Å²) in [7, 11) is 0. The maximum Gasteiger partial charge on any atom is 0.166 e. The third-order valence-electron chi connectivity index (χ3n) is 4.02. The van der Waals surface area contributed by atoms with E-state index in [1.54, 1.807) is 0 Å². The van der Waals surface area contributed by atoms with Gasteiger partial charge in [-0.15, -0.1) is 0 Å². The van der Waals surface area contributed by atoms with Crippen LogP contribution in [0.1, 0.15) is 36.0 Å². The molecule has 0 heterocycles. The SMILES string of the molecule is O=C(c1ccccc1)C1[C@H]2CCCC[C@@H]12. The number of rotatable bonds is 2. The van der Waals surface area contributed by atoms with Gasteiger partial charge in [-0.05, 0) is 24.7 Å². The minimum absolute atomic E-state index is 0.370. The molecular formula is C14H16O. The van der Waals surface area contributed by atoms with Crippen molar-refractivity contribution in [2.75, 3.05) is 0 Å². The first kappa shape index (κ1) is 9.14. The Balaban J connectivity index is 1.77. The molecule has 1 nitrogen and oxygen atoms in total. The summed E-state index contributed by atoms with van der Waals surface area (Å²) in [4.78, 5) is 12.2. The molecule has 0 spiro atoms. The van der Waals surface area contributed by atoms with Crippen LogP contribution in [-0.2, 0) is 0 Å². The fourth-order valence-corrected chi connectivity index (χ4v) is 3.18. The zero-order chi connectivity index (χ0) is 10.3. The van der Waals surface area contributed by atoms with E-state index < -0.39 is 0 Å². The van der Waals surface area contributed by atoms with Crippen LogP contribution < -0.4 is 0 Å². The van der Waals surface area contributed by atoms with Crippen LogP contribution in [0.25, 0.3) is 0 Å². The molecule has 0 N–H and O–H groups in total.